The minimum Gasteiger partial charge on any atom is -0.487 e. The molecule has 0 radical (unpaired) electrons. The molecule has 0 aromatic heterocycles. The SMILES string of the molecule is CC1CC2(CCN(C(=O)OC(C)(C)C)CC2)Oc2ccc(-c3ccc(NC(=O)N4CCOCC4)cc3)cc21. The van der Waals surface area contributed by atoms with E-state index in [4.69, 9.17) is 14.2 Å². The van der Waals surface area contributed by atoms with Gasteiger partial charge in [-0.3, -0.25) is 0 Å². The molecule has 0 saturated carbocycles. The van der Waals surface area contributed by atoms with Gasteiger partial charge >= 0.3 is 12.1 Å². The van der Waals surface area contributed by atoms with Crippen LogP contribution in [0, 0.1) is 0 Å². The fraction of sp³-hybridized carbons (Fsp3) is 0.533. The fourth-order valence-electron chi connectivity index (χ4n) is 5.59. The number of hydrogen-bond donors (Lipinski definition) is 1. The maximum Gasteiger partial charge on any atom is 0.410 e. The number of urea groups is 1. The molecule has 1 atom stereocenters. The number of nitrogens with one attached hydrogen (secondary N) is 1. The Hall–Kier alpha value is -3.26. The summed E-state index contributed by atoms with van der Waals surface area (Å²) in [6.45, 7) is 11.6. The van der Waals surface area contributed by atoms with Crippen LogP contribution >= 0.6 is 0 Å². The van der Waals surface area contributed by atoms with Crippen LogP contribution in [0.5, 0.6) is 5.75 Å². The van der Waals surface area contributed by atoms with Crippen molar-refractivity contribution in [2.45, 2.75) is 64.1 Å². The van der Waals surface area contributed by atoms with E-state index in [0.717, 1.165) is 41.8 Å². The minimum absolute atomic E-state index is 0.0911. The number of benzene rings is 2. The highest BCUT2D eigenvalue weighted by Crippen LogP contribution is 2.46. The molecule has 2 aromatic carbocycles. The molecule has 1 spiro atoms. The van der Waals surface area contributed by atoms with Gasteiger partial charge in [-0.2, -0.15) is 0 Å². The number of ether oxygens (including phenoxy) is 3. The molecule has 3 amide bonds. The highest BCUT2D eigenvalue weighted by Gasteiger charge is 2.43. The first-order chi connectivity index (χ1) is 18.1. The van der Waals surface area contributed by atoms with E-state index in [9.17, 15) is 9.59 Å². The van der Waals surface area contributed by atoms with Gasteiger partial charge in [-0.25, -0.2) is 9.59 Å². The van der Waals surface area contributed by atoms with Crippen molar-refractivity contribution in [2.24, 2.45) is 0 Å². The van der Waals surface area contributed by atoms with Crippen LogP contribution in [0.25, 0.3) is 11.1 Å². The number of morpholine rings is 1. The minimum atomic E-state index is -0.490. The third-order valence-corrected chi connectivity index (χ3v) is 7.64. The summed E-state index contributed by atoms with van der Waals surface area (Å²) in [6.07, 6.45) is 2.29. The average molecular weight is 522 g/mol. The first-order valence-corrected chi connectivity index (χ1v) is 13.7. The molecule has 3 aliphatic heterocycles. The van der Waals surface area contributed by atoms with Gasteiger partial charge in [0.1, 0.15) is 17.0 Å². The molecule has 2 fully saturated rings. The zero-order valence-corrected chi connectivity index (χ0v) is 22.9. The lowest BCUT2D eigenvalue weighted by molar-refractivity contribution is -0.0313. The number of fused-ring (bicyclic) bond motifs is 1. The summed E-state index contributed by atoms with van der Waals surface area (Å²) in [5, 5.41) is 2.98. The molecule has 2 aromatic rings. The lowest BCUT2D eigenvalue weighted by Crippen LogP contribution is -2.52. The molecule has 1 N–H and O–H groups in total. The van der Waals surface area contributed by atoms with Crippen LogP contribution in [0.4, 0.5) is 15.3 Å². The van der Waals surface area contributed by atoms with Gasteiger partial charge in [0, 0.05) is 44.7 Å². The van der Waals surface area contributed by atoms with E-state index in [0.29, 0.717) is 45.3 Å². The van der Waals surface area contributed by atoms with Gasteiger partial charge in [0.2, 0.25) is 0 Å². The van der Waals surface area contributed by atoms with E-state index in [2.05, 4.69) is 30.4 Å². The largest absolute Gasteiger partial charge is 0.487 e. The third-order valence-electron chi connectivity index (χ3n) is 7.64. The lowest BCUT2D eigenvalue weighted by Gasteiger charge is -2.46. The number of carbonyl (C=O) groups excluding carboxylic acids is 2. The van der Waals surface area contributed by atoms with Crippen LogP contribution in [-0.2, 0) is 9.47 Å². The first-order valence-electron chi connectivity index (χ1n) is 13.7. The fourth-order valence-corrected chi connectivity index (χ4v) is 5.59. The van der Waals surface area contributed by atoms with E-state index in [-0.39, 0.29) is 17.7 Å². The normalized spacial score (nSPS) is 20.9. The zero-order chi connectivity index (χ0) is 26.9. The number of piperidine rings is 1. The molecule has 204 valence electrons. The topological polar surface area (TPSA) is 80.3 Å². The molecular weight excluding hydrogens is 482 g/mol. The van der Waals surface area contributed by atoms with Crippen LogP contribution in [-0.4, -0.2) is 72.5 Å². The number of rotatable bonds is 2. The van der Waals surface area contributed by atoms with Crippen molar-refractivity contribution in [3.63, 3.8) is 0 Å². The molecule has 38 heavy (non-hydrogen) atoms. The predicted octanol–water partition coefficient (Wildman–Crippen LogP) is 5.87. The summed E-state index contributed by atoms with van der Waals surface area (Å²) in [7, 11) is 0. The second kappa shape index (κ2) is 10.5. The van der Waals surface area contributed by atoms with E-state index in [1.54, 1.807) is 9.80 Å². The third kappa shape index (κ3) is 5.90. The Morgan fingerprint density at radius 1 is 0.947 bits per heavy atom. The van der Waals surface area contributed by atoms with Crippen LogP contribution in [0.1, 0.15) is 58.4 Å². The molecule has 0 bridgehead atoms. The Balaban J connectivity index is 1.22. The van der Waals surface area contributed by atoms with Crippen molar-refractivity contribution in [3.05, 3.63) is 48.0 Å². The first kappa shape index (κ1) is 26.4. The van der Waals surface area contributed by atoms with Gasteiger partial charge < -0.3 is 29.3 Å². The van der Waals surface area contributed by atoms with Crippen molar-refractivity contribution >= 4 is 17.8 Å². The van der Waals surface area contributed by atoms with Gasteiger partial charge in [-0.05, 0) is 74.1 Å². The smallest absolute Gasteiger partial charge is 0.410 e. The monoisotopic (exact) mass is 521 g/mol. The molecular formula is C30H39N3O5. The molecule has 2 saturated heterocycles. The van der Waals surface area contributed by atoms with E-state index in [1.807, 2.05) is 45.0 Å². The molecule has 3 aliphatic rings. The van der Waals surface area contributed by atoms with Crippen molar-refractivity contribution in [2.75, 3.05) is 44.7 Å². The second-order valence-electron chi connectivity index (χ2n) is 11.7. The average Bonchev–Trinajstić information content (AvgIpc) is 2.89. The highest BCUT2D eigenvalue weighted by molar-refractivity contribution is 5.89. The summed E-state index contributed by atoms with van der Waals surface area (Å²) in [4.78, 5) is 28.6. The maximum atomic E-state index is 12.5. The predicted molar refractivity (Wildman–Crippen MR) is 147 cm³/mol. The molecule has 0 aliphatic carbocycles. The highest BCUT2D eigenvalue weighted by atomic mass is 16.6. The Kier molecular flexibility index (Phi) is 7.27. The molecule has 8 nitrogen and oxygen atoms in total. The van der Waals surface area contributed by atoms with E-state index < -0.39 is 5.60 Å². The molecule has 5 rings (SSSR count). The number of amides is 3. The van der Waals surface area contributed by atoms with E-state index in [1.165, 1.54) is 5.56 Å². The number of carbonyl (C=O) groups is 2. The van der Waals surface area contributed by atoms with Crippen molar-refractivity contribution in [3.8, 4) is 16.9 Å². The maximum absolute atomic E-state index is 12.5. The second-order valence-corrected chi connectivity index (χ2v) is 11.7. The number of anilines is 1. The Labute approximate surface area is 225 Å². The molecule has 1 unspecified atom stereocenters. The Morgan fingerprint density at radius 3 is 2.26 bits per heavy atom. The summed E-state index contributed by atoms with van der Waals surface area (Å²) in [6, 6.07) is 14.3. The Morgan fingerprint density at radius 2 is 1.61 bits per heavy atom. The van der Waals surface area contributed by atoms with Gasteiger partial charge in [0.15, 0.2) is 0 Å². The van der Waals surface area contributed by atoms with Crippen LogP contribution in [0.15, 0.2) is 42.5 Å². The summed E-state index contributed by atoms with van der Waals surface area (Å²) in [5.41, 5.74) is 3.48. The van der Waals surface area contributed by atoms with Crippen LogP contribution in [0.2, 0.25) is 0 Å². The van der Waals surface area contributed by atoms with Gasteiger partial charge in [-0.1, -0.05) is 25.1 Å². The summed E-state index contributed by atoms with van der Waals surface area (Å²) < 4.78 is 17.5. The van der Waals surface area contributed by atoms with Crippen molar-refractivity contribution < 1.29 is 23.8 Å². The van der Waals surface area contributed by atoms with Gasteiger partial charge in [0.25, 0.3) is 0 Å². The van der Waals surface area contributed by atoms with Crippen molar-refractivity contribution in [1.29, 1.82) is 0 Å². The number of hydrogen-bond acceptors (Lipinski definition) is 5. The van der Waals surface area contributed by atoms with Crippen molar-refractivity contribution in [1.82, 2.24) is 9.80 Å². The standard InChI is InChI=1S/C30H39N3O5/c1-21-20-30(11-13-33(14-12-30)28(35)38-29(2,3)4)37-26-10-7-23(19-25(21)26)22-5-8-24(9-6-22)31-27(34)32-15-17-36-18-16-32/h5-10,19,21H,11-18,20H2,1-4H3,(H,31,34). The van der Waals surface area contributed by atoms with Crippen LogP contribution in [0.3, 0.4) is 0 Å². The number of nitrogens with zero attached hydrogens (tertiary/aromatic N) is 2. The number of likely N-dealkylation sites (tertiary alicyclic amines) is 1. The summed E-state index contributed by atoms with van der Waals surface area (Å²) in [5.74, 6) is 1.28. The van der Waals surface area contributed by atoms with Crippen LogP contribution < -0.4 is 10.1 Å². The van der Waals surface area contributed by atoms with Gasteiger partial charge in [0.05, 0.1) is 13.2 Å². The lowest BCUT2D eigenvalue weighted by atomic mass is 9.77. The molecule has 3 heterocycles. The van der Waals surface area contributed by atoms with Gasteiger partial charge in [-0.15, -0.1) is 0 Å². The zero-order valence-electron chi connectivity index (χ0n) is 22.9. The summed E-state index contributed by atoms with van der Waals surface area (Å²) >= 11 is 0. The van der Waals surface area contributed by atoms with E-state index >= 15 is 0 Å². The molecule has 8 heteroatoms. The Bertz CT molecular complexity index is 1160. The quantitative estimate of drug-likeness (QED) is 0.534.